The fourth-order valence-electron chi connectivity index (χ4n) is 4.24. The molecule has 0 unspecified atom stereocenters. The zero-order valence-corrected chi connectivity index (χ0v) is 18.7. The van der Waals surface area contributed by atoms with E-state index < -0.39 is 17.7 Å². The molecule has 1 aliphatic rings. The summed E-state index contributed by atoms with van der Waals surface area (Å²) in [7, 11) is 1.27. The maximum atomic E-state index is 13.3. The Morgan fingerprint density at radius 3 is 2.51 bits per heavy atom. The summed E-state index contributed by atoms with van der Waals surface area (Å²) in [6.45, 7) is 0.415. The van der Waals surface area contributed by atoms with E-state index in [4.69, 9.17) is 9.47 Å². The number of carbonyl (C=O) groups is 1. The minimum Gasteiger partial charge on any atom is -0.489 e. The topological polar surface area (TPSA) is 48.4 Å². The molecule has 5 rings (SSSR count). The number of aromatic nitrogens is 1. The average Bonchev–Trinajstić information content (AvgIpc) is 3.24. The first-order chi connectivity index (χ1) is 16.8. The second-order valence-corrected chi connectivity index (χ2v) is 8.22. The standard InChI is InChI=1S/C28H20F3NO3/c1-34-27(33)24-15-25(18-8-5-9-20(12-18)28(29,30)31)32-26-22-11-10-21(13-19(22)14-23(24)26)35-16-17-6-3-2-4-7-17/h2-13,15H,14,16H2,1H3. The van der Waals surface area contributed by atoms with Gasteiger partial charge in [0, 0.05) is 17.5 Å². The molecule has 0 atom stereocenters. The van der Waals surface area contributed by atoms with Gasteiger partial charge in [0.25, 0.3) is 0 Å². The zero-order valence-electron chi connectivity index (χ0n) is 18.7. The maximum absolute atomic E-state index is 13.3. The van der Waals surface area contributed by atoms with E-state index in [1.54, 1.807) is 6.07 Å². The van der Waals surface area contributed by atoms with Gasteiger partial charge in [0.2, 0.25) is 0 Å². The fourth-order valence-corrected chi connectivity index (χ4v) is 4.24. The van der Waals surface area contributed by atoms with E-state index in [1.165, 1.54) is 19.2 Å². The number of hydrogen-bond donors (Lipinski definition) is 0. The van der Waals surface area contributed by atoms with E-state index in [1.807, 2.05) is 48.5 Å². The summed E-state index contributed by atoms with van der Waals surface area (Å²) in [6, 6.07) is 21.8. The van der Waals surface area contributed by atoms with E-state index in [9.17, 15) is 18.0 Å². The SMILES string of the molecule is COC(=O)c1cc(-c2cccc(C(F)(F)F)c2)nc2c1Cc1cc(OCc3ccccc3)ccc1-2. The summed E-state index contributed by atoms with van der Waals surface area (Å²) in [4.78, 5) is 17.3. The van der Waals surface area contributed by atoms with Crippen LogP contribution in [0.1, 0.15) is 32.6 Å². The molecule has 1 aromatic heterocycles. The Morgan fingerprint density at radius 1 is 0.971 bits per heavy atom. The lowest BCUT2D eigenvalue weighted by Gasteiger charge is -2.12. The van der Waals surface area contributed by atoms with Crippen molar-refractivity contribution in [2.24, 2.45) is 0 Å². The molecule has 1 heterocycles. The average molecular weight is 475 g/mol. The van der Waals surface area contributed by atoms with Crippen LogP contribution in [0.15, 0.2) is 78.9 Å². The predicted molar refractivity (Wildman–Crippen MR) is 125 cm³/mol. The van der Waals surface area contributed by atoms with Crippen LogP contribution in [0.3, 0.4) is 0 Å². The van der Waals surface area contributed by atoms with Gasteiger partial charge in [-0.15, -0.1) is 0 Å². The van der Waals surface area contributed by atoms with Gasteiger partial charge in [-0.25, -0.2) is 9.78 Å². The summed E-state index contributed by atoms with van der Waals surface area (Å²) in [5.41, 5.74) is 4.06. The number of pyridine rings is 1. The molecule has 0 amide bonds. The van der Waals surface area contributed by atoms with E-state index >= 15 is 0 Å². The van der Waals surface area contributed by atoms with Gasteiger partial charge in [-0.05, 0) is 53.1 Å². The van der Waals surface area contributed by atoms with Crippen molar-refractivity contribution in [3.8, 4) is 28.3 Å². The van der Waals surface area contributed by atoms with Crippen LogP contribution in [0.2, 0.25) is 0 Å². The van der Waals surface area contributed by atoms with Crippen LogP contribution >= 0.6 is 0 Å². The summed E-state index contributed by atoms with van der Waals surface area (Å²) >= 11 is 0. The Labute approximate surface area is 200 Å². The van der Waals surface area contributed by atoms with Crippen LogP contribution in [0, 0.1) is 0 Å². The molecular formula is C28H20F3NO3. The highest BCUT2D eigenvalue weighted by atomic mass is 19.4. The van der Waals surface area contributed by atoms with E-state index in [0.29, 0.717) is 30.0 Å². The molecule has 4 aromatic rings. The van der Waals surface area contributed by atoms with Crippen molar-refractivity contribution in [1.82, 2.24) is 4.98 Å². The molecule has 7 heteroatoms. The van der Waals surface area contributed by atoms with Gasteiger partial charge in [-0.3, -0.25) is 0 Å². The number of esters is 1. The first-order valence-electron chi connectivity index (χ1n) is 10.9. The number of carbonyl (C=O) groups excluding carboxylic acids is 1. The number of methoxy groups -OCH3 is 1. The Morgan fingerprint density at radius 2 is 1.77 bits per heavy atom. The number of alkyl halides is 3. The van der Waals surface area contributed by atoms with Crippen LogP contribution in [0.25, 0.3) is 22.5 Å². The molecule has 0 saturated heterocycles. The Hall–Kier alpha value is -4.13. The lowest BCUT2D eigenvalue weighted by molar-refractivity contribution is -0.137. The molecule has 0 fully saturated rings. The number of rotatable bonds is 5. The van der Waals surface area contributed by atoms with Gasteiger partial charge < -0.3 is 9.47 Å². The highest BCUT2D eigenvalue weighted by Crippen LogP contribution is 2.41. The van der Waals surface area contributed by atoms with Crippen molar-refractivity contribution < 1.29 is 27.4 Å². The van der Waals surface area contributed by atoms with Gasteiger partial charge in [0.05, 0.1) is 29.6 Å². The van der Waals surface area contributed by atoms with Gasteiger partial charge in [0.1, 0.15) is 12.4 Å². The number of halogens is 3. The Balaban J connectivity index is 1.53. The second-order valence-electron chi connectivity index (χ2n) is 8.22. The van der Waals surface area contributed by atoms with Crippen molar-refractivity contribution in [2.75, 3.05) is 7.11 Å². The molecule has 0 aliphatic heterocycles. The van der Waals surface area contributed by atoms with Crippen molar-refractivity contribution in [3.63, 3.8) is 0 Å². The van der Waals surface area contributed by atoms with Crippen molar-refractivity contribution in [2.45, 2.75) is 19.2 Å². The summed E-state index contributed by atoms with van der Waals surface area (Å²) in [6.07, 6.45) is -4.05. The van der Waals surface area contributed by atoms with Crippen LogP contribution in [0.4, 0.5) is 13.2 Å². The third-order valence-corrected chi connectivity index (χ3v) is 5.96. The van der Waals surface area contributed by atoms with Crippen LogP contribution in [-0.2, 0) is 23.9 Å². The van der Waals surface area contributed by atoms with Crippen LogP contribution in [-0.4, -0.2) is 18.1 Å². The molecule has 0 spiro atoms. The fraction of sp³-hybridized carbons (Fsp3) is 0.143. The quantitative estimate of drug-likeness (QED) is 0.265. The van der Waals surface area contributed by atoms with Gasteiger partial charge in [-0.1, -0.05) is 42.5 Å². The summed E-state index contributed by atoms with van der Waals surface area (Å²) in [5, 5.41) is 0. The molecule has 3 aromatic carbocycles. The van der Waals surface area contributed by atoms with Crippen molar-refractivity contribution in [3.05, 3.63) is 107 Å². The number of ether oxygens (including phenoxy) is 2. The van der Waals surface area contributed by atoms with Gasteiger partial charge in [0.15, 0.2) is 0 Å². The highest BCUT2D eigenvalue weighted by molar-refractivity contribution is 5.96. The predicted octanol–water partition coefficient (Wildman–Crippen LogP) is 6.70. The molecule has 35 heavy (non-hydrogen) atoms. The minimum absolute atomic E-state index is 0.268. The molecule has 176 valence electrons. The van der Waals surface area contributed by atoms with Crippen LogP contribution in [0.5, 0.6) is 5.75 Å². The largest absolute Gasteiger partial charge is 0.489 e. The van der Waals surface area contributed by atoms with Crippen LogP contribution < -0.4 is 4.74 Å². The molecule has 0 radical (unpaired) electrons. The molecule has 0 N–H and O–H groups in total. The lowest BCUT2D eigenvalue weighted by atomic mass is 10.0. The third kappa shape index (κ3) is 4.49. The molecule has 0 saturated carbocycles. The number of benzene rings is 3. The van der Waals surface area contributed by atoms with Gasteiger partial charge >= 0.3 is 12.1 Å². The van der Waals surface area contributed by atoms with E-state index in [0.717, 1.165) is 28.8 Å². The number of hydrogen-bond acceptors (Lipinski definition) is 4. The molecule has 4 nitrogen and oxygen atoms in total. The zero-order chi connectivity index (χ0) is 24.6. The van der Waals surface area contributed by atoms with Crippen molar-refractivity contribution in [1.29, 1.82) is 0 Å². The maximum Gasteiger partial charge on any atom is 0.416 e. The van der Waals surface area contributed by atoms with Crippen molar-refractivity contribution >= 4 is 5.97 Å². The molecule has 0 bridgehead atoms. The molecule has 1 aliphatic carbocycles. The van der Waals surface area contributed by atoms with E-state index in [-0.39, 0.29) is 16.8 Å². The second kappa shape index (κ2) is 8.91. The Bertz CT molecular complexity index is 1420. The normalized spacial score (nSPS) is 12.1. The number of nitrogens with zero attached hydrogens (tertiary/aromatic N) is 1. The van der Waals surface area contributed by atoms with E-state index in [2.05, 4.69) is 4.98 Å². The first-order valence-corrected chi connectivity index (χ1v) is 10.9. The first kappa shape index (κ1) is 22.7. The number of fused-ring (bicyclic) bond motifs is 3. The summed E-state index contributed by atoms with van der Waals surface area (Å²) < 4.78 is 50.7. The lowest BCUT2D eigenvalue weighted by Crippen LogP contribution is -2.08. The monoisotopic (exact) mass is 475 g/mol. The Kier molecular flexibility index (Phi) is 5.76. The molecular weight excluding hydrogens is 455 g/mol. The third-order valence-electron chi connectivity index (χ3n) is 5.96. The highest BCUT2D eigenvalue weighted by Gasteiger charge is 2.31. The van der Waals surface area contributed by atoms with Gasteiger partial charge in [-0.2, -0.15) is 13.2 Å². The minimum atomic E-state index is -4.49. The smallest absolute Gasteiger partial charge is 0.416 e. The summed E-state index contributed by atoms with van der Waals surface area (Å²) in [5.74, 6) is 0.114.